The van der Waals surface area contributed by atoms with E-state index >= 15 is 0 Å². The summed E-state index contributed by atoms with van der Waals surface area (Å²) in [5.74, 6) is 1.15. The largest absolute Gasteiger partial charge is 0.497 e. The van der Waals surface area contributed by atoms with Crippen molar-refractivity contribution in [2.45, 2.75) is 57.8 Å². The van der Waals surface area contributed by atoms with E-state index in [9.17, 15) is 4.79 Å². The van der Waals surface area contributed by atoms with Gasteiger partial charge in [-0.15, -0.1) is 0 Å². The fourth-order valence-corrected chi connectivity index (χ4v) is 5.24. The molecule has 2 aliphatic rings. The van der Waals surface area contributed by atoms with Crippen molar-refractivity contribution >= 4 is 5.91 Å². The topological polar surface area (TPSA) is 71.1 Å². The fraction of sp³-hybridized carbons (Fsp3) is 0.444. The molecule has 3 aromatic rings. The number of piperidine rings is 1. The highest BCUT2D eigenvalue weighted by molar-refractivity contribution is 5.94. The van der Waals surface area contributed by atoms with E-state index in [0.29, 0.717) is 12.2 Å². The van der Waals surface area contributed by atoms with Crippen molar-refractivity contribution in [1.82, 2.24) is 20.1 Å². The van der Waals surface area contributed by atoms with Crippen LogP contribution in [0.4, 0.5) is 0 Å². The number of aromatic amines is 1. The van der Waals surface area contributed by atoms with Crippen LogP contribution in [-0.4, -0.2) is 46.2 Å². The highest BCUT2D eigenvalue weighted by atomic mass is 16.5. The molecule has 1 aromatic carbocycles. The number of hydrogen-bond donors (Lipinski definition) is 1. The molecule has 1 fully saturated rings. The van der Waals surface area contributed by atoms with Gasteiger partial charge in [-0.1, -0.05) is 18.6 Å². The first-order valence-corrected chi connectivity index (χ1v) is 12.1. The lowest BCUT2D eigenvalue weighted by molar-refractivity contribution is 0.0698. The predicted molar refractivity (Wildman–Crippen MR) is 129 cm³/mol. The standard InChI is InChI=1S/C27H32N4O2/c1-18-15-21(19-10-12-22(33-2)13-11-19)16-25(28-18)20-7-6-14-31(17-20)27(32)26-23-8-4-3-5-9-24(23)29-30-26/h10-13,15-16,20H,3-9,14,17H2,1-2H3,(H,29,30)/t20-/m1/s1. The number of carbonyl (C=O) groups excluding carboxylic acids is 1. The maximum atomic E-state index is 13.4. The molecule has 0 spiro atoms. The number of aromatic nitrogens is 3. The highest BCUT2D eigenvalue weighted by Crippen LogP contribution is 2.31. The summed E-state index contributed by atoms with van der Waals surface area (Å²) in [4.78, 5) is 20.3. The lowest BCUT2D eigenvalue weighted by atomic mass is 9.91. The molecule has 0 radical (unpaired) electrons. The van der Waals surface area contributed by atoms with Gasteiger partial charge in [0.2, 0.25) is 0 Å². The minimum atomic E-state index is 0.0714. The maximum absolute atomic E-state index is 13.4. The average molecular weight is 445 g/mol. The van der Waals surface area contributed by atoms with Crippen molar-refractivity contribution in [1.29, 1.82) is 0 Å². The summed E-state index contributed by atoms with van der Waals surface area (Å²) in [6, 6.07) is 12.4. The maximum Gasteiger partial charge on any atom is 0.274 e. The Balaban J connectivity index is 1.37. The number of carbonyl (C=O) groups is 1. The Labute approximate surface area is 195 Å². The Kier molecular flexibility index (Phi) is 6.16. The quantitative estimate of drug-likeness (QED) is 0.570. The molecule has 0 unspecified atom stereocenters. The second-order valence-corrected chi connectivity index (χ2v) is 9.33. The minimum absolute atomic E-state index is 0.0714. The van der Waals surface area contributed by atoms with Crippen molar-refractivity contribution in [3.8, 4) is 16.9 Å². The summed E-state index contributed by atoms with van der Waals surface area (Å²) in [7, 11) is 1.68. The molecular formula is C27H32N4O2. The van der Waals surface area contributed by atoms with Crippen LogP contribution in [0.25, 0.3) is 11.1 Å². The summed E-state index contributed by atoms with van der Waals surface area (Å²) >= 11 is 0. The van der Waals surface area contributed by atoms with Gasteiger partial charge in [-0.05, 0) is 80.8 Å². The van der Waals surface area contributed by atoms with Crippen LogP contribution >= 0.6 is 0 Å². The molecule has 1 amide bonds. The third-order valence-electron chi connectivity index (χ3n) is 7.03. The van der Waals surface area contributed by atoms with Crippen LogP contribution < -0.4 is 4.74 Å². The molecule has 5 rings (SSSR count). The molecule has 6 heteroatoms. The van der Waals surface area contributed by atoms with E-state index in [1.54, 1.807) is 7.11 Å². The van der Waals surface area contributed by atoms with Crippen LogP contribution in [-0.2, 0) is 12.8 Å². The van der Waals surface area contributed by atoms with Crippen LogP contribution in [0, 0.1) is 6.92 Å². The zero-order valence-corrected chi connectivity index (χ0v) is 19.6. The van der Waals surface area contributed by atoms with Gasteiger partial charge in [0.1, 0.15) is 5.75 Å². The molecular weight excluding hydrogens is 412 g/mol. The molecule has 0 bridgehead atoms. The van der Waals surface area contributed by atoms with Gasteiger partial charge < -0.3 is 9.64 Å². The molecule has 0 saturated carbocycles. The van der Waals surface area contributed by atoms with Gasteiger partial charge in [0.15, 0.2) is 5.69 Å². The summed E-state index contributed by atoms with van der Waals surface area (Å²) in [6.07, 6.45) is 7.50. The number of nitrogens with one attached hydrogen (secondary N) is 1. The van der Waals surface area contributed by atoms with E-state index in [1.807, 2.05) is 24.0 Å². The molecule has 172 valence electrons. The average Bonchev–Trinajstić information content (AvgIpc) is 3.11. The normalized spacial score (nSPS) is 18.5. The molecule has 33 heavy (non-hydrogen) atoms. The van der Waals surface area contributed by atoms with Gasteiger partial charge >= 0.3 is 0 Å². The van der Waals surface area contributed by atoms with E-state index in [0.717, 1.165) is 78.2 Å². The number of benzene rings is 1. The van der Waals surface area contributed by atoms with Crippen molar-refractivity contribution in [3.05, 3.63) is 64.7 Å². The molecule has 2 aromatic heterocycles. The zero-order valence-electron chi connectivity index (χ0n) is 19.6. The van der Waals surface area contributed by atoms with Gasteiger partial charge in [0, 0.05) is 41.7 Å². The number of aryl methyl sites for hydroxylation is 2. The third-order valence-corrected chi connectivity index (χ3v) is 7.03. The number of pyridine rings is 1. The molecule has 1 atom stereocenters. The number of nitrogens with zero attached hydrogens (tertiary/aromatic N) is 3. The van der Waals surface area contributed by atoms with E-state index in [1.165, 1.54) is 12.8 Å². The first-order chi connectivity index (χ1) is 16.1. The van der Waals surface area contributed by atoms with E-state index in [-0.39, 0.29) is 11.8 Å². The fourth-order valence-electron chi connectivity index (χ4n) is 5.24. The molecule has 1 N–H and O–H groups in total. The summed E-state index contributed by atoms with van der Waals surface area (Å²) < 4.78 is 5.30. The van der Waals surface area contributed by atoms with Gasteiger partial charge in [0.05, 0.1) is 7.11 Å². The Morgan fingerprint density at radius 1 is 1.06 bits per heavy atom. The Morgan fingerprint density at radius 3 is 2.70 bits per heavy atom. The minimum Gasteiger partial charge on any atom is -0.497 e. The first kappa shape index (κ1) is 21.7. The lowest BCUT2D eigenvalue weighted by Gasteiger charge is -2.32. The number of H-pyrrole nitrogens is 1. The van der Waals surface area contributed by atoms with Gasteiger partial charge in [-0.2, -0.15) is 5.10 Å². The van der Waals surface area contributed by atoms with Gasteiger partial charge in [-0.25, -0.2) is 0 Å². The van der Waals surface area contributed by atoms with Crippen LogP contribution in [0.5, 0.6) is 5.75 Å². The van der Waals surface area contributed by atoms with Crippen LogP contribution in [0.2, 0.25) is 0 Å². The summed E-state index contributed by atoms with van der Waals surface area (Å²) in [5, 5.41) is 7.60. The van der Waals surface area contributed by atoms with Gasteiger partial charge in [0.25, 0.3) is 5.91 Å². The Hall–Kier alpha value is -3.15. The van der Waals surface area contributed by atoms with Crippen LogP contribution in [0.15, 0.2) is 36.4 Å². The predicted octanol–water partition coefficient (Wildman–Crippen LogP) is 5.08. The van der Waals surface area contributed by atoms with E-state index in [4.69, 9.17) is 9.72 Å². The number of methoxy groups -OCH3 is 1. The molecule has 3 heterocycles. The highest BCUT2D eigenvalue weighted by Gasteiger charge is 2.30. The number of amides is 1. The smallest absolute Gasteiger partial charge is 0.274 e. The van der Waals surface area contributed by atoms with Gasteiger partial charge in [-0.3, -0.25) is 14.9 Å². The van der Waals surface area contributed by atoms with Crippen molar-refractivity contribution in [2.24, 2.45) is 0 Å². The molecule has 1 saturated heterocycles. The van der Waals surface area contributed by atoms with Crippen molar-refractivity contribution in [2.75, 3.05) is 20.2 Å². The second kappa shape index (κ2) is 9.38. The van der Waals surface area contributed by atoms with Crippen molar-refractivity contribution in [3.63, 3.8) is 0 Å². The first-order valence-electron chi connectivity index (χ1n) is 12.1. The zero-order chi connectivity index (χ0) is 22.8. The lowest BCUT2D eigenvalue weighted by Crippen LogP contribution is -2.40. The number of hydrogen-bond acceptors (Lipinski definition) is 4. The number of likely N-dealkylation sites (tertiary alicyclic amines) is 1. The van der Waals surface area contributed by atoms with E-state index in [2.05, 4.69) is 34.5 Å². The Morgan fingerprint density at radius 2 is 1.88 bits per heavy atom. The Bertz CT molecular complexity index is 1140. The third kappa shape index (κ3) is 4.52. The number of ether oxygens (including phenoxy) is 1. The van der Waals surface area contributed by atoms with E-state index < -0.39 is 0 Å². The van der Waals surface area contributed by atoms with Crippen LogP contribution in [0.3, 0.4) is 0 Å². The second-order valence-electron chi connectivity index (χ2n) is 9.33. The number of fused-ring (bicyclic) bond motifs is 1. The SMILES string of the molecule is COc1ccc(-c2cc(C)nc([C@@H]3CCCN(C(=O)c4n[nH]c5c4CCCCC5)C3)c2)cc1. The molecule has 6 nitrogen and oxygen atoms in total. The molecule has 1 aliphatic carbocycles. The monoisotopic (exact) mass is 444 g/mol. The van der Waals surface area contributed by atoms with Crippen molar-refractivity contribution < 1.29 is 9.53 Å². The molecule has 1 aliphatic heterocycles. The number of rotatable bonds is 4. The summed E-state index contributed by atoms with van der Waals surface area (Å²) in [6.45, 7) is 3.52. The van der Waals surface area contributed by atoms with Crippen LogP contribution in [0.1, 0.15) is 71.2 Å². The summed E-state index contributed by atoms with van der Waals surface area (Å²) in [5.41, 5.74) is 7.32.